The highest BCUT2D eigenvalue weighted by molar-refractivity contribution is 5.30. The molecule has 0 atom stereocenters. The molecule has 0 amide bonds. The lowest BCUT2D eigenvalue weighted by Gasteiger charge is -2.12. The van der Waals surface area contributed by atoms with Crippen LogP contribution in [0.5, 0.6) is 5.75 Å². The van der Waals surface area contributed by atoms with E-state index >= 15 is 0 Å². The molecule has 0 aliphatic heterocycles. The molecule has 0 spiro atoms. The van der Waals surface area contributed by atoms with Crippen molar-refractivity contribution in [1.82, 2.24) is 4.57 Å². The second-order valence-electron chi connectivity index (χ2n) is 5.80. The standard InChI is InChI=1S/C20H16F3NO2/c21-20(22,23)17-7-4-8-18(11-17)26-14-16-9-10-19(25)24(13-16)12-15-5-2-1-3-6-15/h1-11,13H,12,14H2. The molecule has 0 aliphatic rings. The largest absolute Gasteiger partial charge is 0.489 e. The fourth-order valence-electron chi connectivity index (χ4n) is 2.50. The van der Waals surface area contributed by atoms with E-state index in [-0.39, 0.29) is 17.9 Å². The first kappa shape index (κ1) is 17.8. The minimum Gasteiger partial charge on any atom is -0.489 e. The predicted octanol–water partition coefficient (Wildman–Crippen LogP) is 4.49. The third-order valence-corrected chi connectivity index (χ3v) is 3.81. The topological polar surface area (TPSA) is 31.2 Å². The molecule has 3 nitrogen and oxygen atoms in total. The first-order valence-corrected chi connectivity index (χ1v) is 7.95. The van der Waals surface area contributed by atoms with E-state index in [4.69, 9.17) is 4.74 Å². The molecule has 3 aromatic rings. The number of aromatic nitrogens is 1. The molecule has 0 fully saturated rings. The summed E-state index contributed by atoms with van der Waals surface area (Å²) in [7, 11) is 0. The van der Waals surface area contributed by atoms with Crippen LogP contribution in [0, 0.1) is 0 Å². The zero-order valence-corrected chi connectivity index (χ0v) is 13.7. The van der Waals surface area contributed by atoms with Gasteiger partial charge in [-0.3, -0.25) is 4.79 Å². The molecule has 3 rings (SSSR count). The summed E-state index contributed by atoms with van der Waals surface area (Å²) >= 11 is 0. The molecule has 0 saturated heterocycles. The zero-order chi connectivity index (χ0) is 18.6. The maximum absolute atomic E-state index is 12.7. The van der Waals surface area contributed by atoms with E-state index in [1.807, 2.05) is 30.3 Å². The van der Waals surface area contributed by atoms with Crippen molar-refractivity contribution < 1.29 is 17.9 Å². The molecule has 0 bridgehead atoms. The Morgan fingerprint density at radius 2 is 1.65 bits per heavy atom. The average molecular weight is 359 g/mol. The number of rotatable bonds is 5. The maximum Gasteiger partial charge on any atom is 0.416 e. The van der Waals surface area contributed by atoms with Crippen molar-refractivity contribution in [3.05, 3.63) is 100.0 Å². The number of alkyl halides is 3. The molecule has 134 valence electrons. The lowest BCUT2D eigenvalue weighted by Crippen LogP contribution is -2.20. The lowest BCUT2D eigenvalue weighted by molar-refractivity contribution is -0.137. The Balaban J connectivity index is 1.73. The van der Waals surface area contributed by atoms with E-state index in [0.29, 0.717) is 12.1 Å². The summed E-state index contributed by atoms with van der Waals surface area (Å²) < 4.78 is 45.2. The third-order valence-electron chi connectivity index (χ3n) is 3.81. The van der Waals surface area contributed by atoms with Crippen molar-refractivity contribution in [2.75, 3.05) is 0 Å². The van der Waals surface area contributed by atoms with Crippen LogP contribution in [0.1, 0.15) is 16.7 Å². The van der Waals surface area contributed by atoms with Gasteiger partial charge in [0, 0.05) is 17.8 Å². The average Bonchev–Trinajstić information content (AvgIpc) is 2.63. The smallest absolute Gasteiger partial charge is 0.416 e. The quantitative estimate of drug-likeness (QED) is 0.672. The molecule has 6 heteroatoms. The number of hydrogen-bond donors (Lipinski definition) is 0. The zero-order valence-electron chi connectivity index (χ0n) is 13.7. The monoisotopic (exact) mass is 359 g/mol. The van der Waals surface area contributed by atoms with E-state index in [1.165, 1.54) is 18.2 Å². The Labute approximate surface area is 148 Å². The SMILES string of the molecule is O=c1ccc(COc2cccc(C(F)(F)F)c2)cn1Cc1ccccc1. The molecule has 26 heavy (non-hydrogen) atoms. The minimum absolute atomic E-state index is 0.0659. The molecular weight excluding hydrogens is 343 g/mol. The number of nitrogens with zero attached hydrogens (tertiary/aromatic N) is 1. The molecule has 0 radical (unpaired) electrons. The van der Waals surface area contributed by atoms with Gasteiger partial charge in [0.15, 0.2) is 0 Å². The van der Waals surface area contributed by atoms with Crippen molar-refractivity contribution >= 4 is 0 Å². The van der Waals surface area contributed by atoms with Gasteiger partial charge in [0.1, 0.15) is 12.4 Å². The van der Waals surface area contributed by atoms with Gasteiger partial charge < -0.3 is 9.30 Å². The lowest BCUT2D eigenvalue weighted by atomic mass is 10.2. The first-order valence-electron chi connectivity index (χ1n) is 7.95. The van der Waals surface area contributed by atoms with E-state index in [1.54, 1.807) is 16.8 Å². The Kier molecular flexibility index (Phi) is 5.11. The van der Waals surface area contributed by atoms with E-state index < -0.39 is 11.7 Å². The Morgan fingerprint density at radius 3 is 2.38 bits per heavy atom. The van der Waals surface area contributed by atoms with Gasteiger partial charge in [-0.15, -0.1) is 0 Å². The van der Waals surface area contributed by atoms with Gasteiger partial charge >= 0.3 is 6.18 Å². The van der Waals surface area contributed by atoms with E-state index in [9.17, 15) is 18.0 Å². The molecule has 0 N–H and O–H groups in total. The number of pyridine rings is 1. The van der Waals surface area contributed by atoms with Crippen LogP contribution in [0.15, 0.2) is 77.7 Å². The van der Waals surface area contributed by atoms with Crippen molar-refractivity contribution in [3.63, 3.8) is 0 Å². The Bertz CT molecular complexity index is 934. The number of halogens is 3. The van der Waals surface area contributed by atoms with Crippen LogP contribution < -0.4 is 10.3 Å². The maximum atomic E-state index is 12.7. The van der Waals surface area contributed by atoms with Gasteiger partial charge in [-0.2, -0.15) is 13.2 Å². The summed E-state index contributed by atoms with van der Waals surface area (Å²) in [5.41, 5.74) is 0.754. The molecule has 0 unspecified atom stereocenters. The third kappa shape index (κ3) is 4.53. The van der Waals surface area contributed by atoms with Crippen LogP contribution in [0.25, 0.3) is 0 Å². The summed E-state index contributed by atoms with van der Waals surface area (Å²) in [5, 5.41) is 0. The Morgan fingerprint density at radius 1 is 0.885 bits per heavy atom. The van der Waals surface area contributed by atoms with Gasteiger partial charge in [-0.05, 0) is 29.8 Å². The molecule has 1 heterocycles. The predicted molar refractivity (Wildman–Crippen MR) is 92.0 cm³/mol. The number of hydrogen-bond acceptors (Lipinski definition) is 2. The summed E-state index contributed by atoms with van der Waals surface area (Å²) in [6.45, 7) is 0.480. The number of benzene rings is 2. The van der Waals surface area contributed by atoms with Gasteiger partial charge in [-0.1, -0.05) is 36.4 Å². The summed E-state index contributed by atoms with van der Waals surface area (Å²) in [6, 6.07) is 17.3. The van der Waals surface area contributed by atoms with Gasteiger partial charge in [0.2, 0.25) is 0 Å². The molecular formula is C20H16F3NO2. The second kappa shape index (κ2) is 7.47. The highest BCUT2D eigenvalue weighted by Crippen LogP contribution is 2.31. The highest BCUT2D eigenvalue weighted by Gasteiger charge is 2.30. The van der Waals surface area contributed by atoms with Crippen LogP contribution >= 0.6 is 0 Å². The van der Waals surface area contributed by atoms with Crippen molar-refractivity contribution in [3.8, 4) is 5.75 Å². The normalized spacial score (nSPS) is 11.3. The Hall–Kier alpha value is -3.02. The number of ether oxygens (including phenoxy) is 1. The summed E-state index contributed by atoms with van der Waals surface area (Å²) in [5.74, 6) is 0.126. The molecule has 1 aromatic heterocycles. The van der Waals surface area contributed by atoms with Crippen LogP contribution in [0.3, 0.4) is 0 Å². The molecule has 2 aromatic carbocycles. The second-order valence-corrected chi connectivity index (χ2v) is 5.80. The van der Waals surface area contributed by atoms with Gasteiger partial charge in [0.25, 0.3) is 5.56 Å². The summed E-state index contributed by atoms with van der Waals surface area (Å²) in [4.78, 5) is 12.0. The van der Waals surface area contributed by atoms with Crippen molar-refractivity contribution in [1.29, 1.82) is 0 Å². The fraction of sp³-hybridized carbons (Fsp3) is 0.150. The van der Waals surface area contributed by atoms with E-state index in [0.717, 1.165) is 17.7 Å². The van der Waals surface area contributed by atoms with Crippen LogP contribution in [-0.2, 0) is 19.3 Å². The van der Waals surface area contributed by atoms with Crippen LogP contribution in [-0.4, -0.2) is 4.57 Å². The van der Waals surface area contributed by atoms with Gasteiger partial charge in [0.05, 0.1) is 12.1 Å². The van der Waals surface area contributed by atoms with Crippen molar-refractivity contribution in [2.24, 2.45) is 0 Å². The molecule has 0 aliphatic carbocycles. The van der Waals surface area contributed by atoms with Crippen LogP contribution in [0.2, 0.25) is 0 Å². The van der Waals surface area contributed by atoms with E-state index in [2.05, 4.69) is 0 Å². The fourth-order valence-corrected chi connectivity index (χ4v) is 2.50. The summed E-state index contributed by atoms with van der Waals surface area (Å²) in [6.07, 6.45) is -2.76. The minimum atomic E-state index is -4.41. The van der Waals surface area contributed by atoms with Crippen LogP contribution in [0.4, 0.5) is 13.2 Å². The molecule has 0 saturated carbocycles. The van der Waals surface area contributed by atoms with Gasteiger partial charge in [-0.25, -0.2) is 0 Å². The highest BCUT2D eigenvalue weighted by atomic mass is 19.4. The first-order chi connectivity index (χ1) is 12.4. The van der Waals surface area contributed by atoms with Crippen molar-refractivity contribution in [2.45, 2.75) is 19.3 Å².